The van der Waals surface area contributed by atoms with E-state index in [2.05, 4.69) is 27.3 Å². The fourth-order valence-corrected chi connectivity index (χ4v) is 2.89. The van der Waals surface area contributed by atoms with Gasteiger partial charge < -0.3 is 18.6 Å². The molecule has 0 aliphatic heterocycles. The highest BCUT2D eigenvalue weighted by atomic mass is 28.3. The van der Waals surface area contributed by atoms with Crippen molar-refractivity contribution in [2.24, 2.45) is 0 Å². The molecular formula is C18H28O6Si. The van der Waals surface area contributed by atoms with Crippen LogP contribution >= 0.6 is 0 Å². The number of ketones is 1. The molecule has 0 heterocycles. The summed E-state index contributed by atoms with van der Waals surface area (Å²) in [7, 11) is 0.00154. The topological polar surface area (TPSA) is 71.1 Å². The fraction of sp³-hybridized carbons (Fsp3) is 0.556. The SMILES string of the molecule is CCOC(=O)C(=O)c1c(CO[SiH](C)C(C)(C)C)cccc1OCOC. The molecule has 6 nitrogen and oxygen atoms in total. The van der Waals surface area contributed by atoms with E-state index in [-0.39, 0.29) is 36.4 Å². The Labute approximate surface area is 151 Å². The third-order valence-electron chi connectivity index (χ3n) is 3.84. The standard InChI is InChI=1S/C18H28O6Si/c1-7-22-17(20)16(19)15-13(11-24-25(6)18(2,3)4)9-8-10-14(15)23-12-21-5/h8-10,25H,7,11-12H2,1-6H3. The quantitative estimate of drug-likeness (QED) is 0.219. The number of hydrogen-bond donors (Lipinski definition) is 0. The summed E-state index contributed by atoms with van der Waals surface area (Å²) in [5.41, 5.74) is 0.781. The van der Waals surface area contributed by atoms with Crippen LogP contribution in [0.3, 0.4) is 0 Å². The monoisotopic (exact) mass is 368 g/mol. The minimum atomic E-state index is -1.48. The zero-order valence-corrected chi connectivity index (χ0v) is 17.0. The van der Waals surface area contributed by atoms with Gasteiger partial charge in [-0.25, -0.2) is 4.79 Å². The van der Waals surface area contributed by atoms with Crippen molar-refractivity contribution in [2.45, 2.75) is 45.9 Å². The molecule has 140 valence electrons. The van der Waals surface area contributed by atoms with Gasteiger partial charge >= 0.3 is 5.97 Å². The van der Waals surface area contributed by atoms with Crippen molar-refractivity contribution in [2.75, 3.05) is 20.5 Å². The lowest BCUT2D eigenvalue weighted by atomic mass is 10.0. The molecule has 0 amide bonds. The second kappa shape index (κ2) is 9.70. The van der Waals surface area contributed by atoms with Gasteiger partial charge in [0, 0.05) is 7.11 Å². The summed E-state index contributed by atoms with van der Waals surface area (Å²) in [4.78, 5) is 24.5. The van der Waals surface area contributed by atoms with Crippen molar-refractivity contribution < 1.29 is 28.2 Å². The van der Waals surface area contributed by atoms with Crippen LogP contribution in [-0.4, -0.2) is 41.3 Å². The van der Waals surface area contributed by atoms with E-state index in [0.29, 0.717) is 5.56 Å². The highest BCUT2D eigenvalue weighted by Crippen LogP contribution is 2.29. The molecule has 0 bridgehead atoms. The van der Waals surface area contributed by atoms with Crippen molar-refractivity contribution in [3.05, 3.63) is 29.3 Å². The summed E-state index contributed by atoms with van der Waals surface area (Å²) in [5, 5.41) is 0.0927. The molecule has 0 fully saturated rings. The number of carbonyl (C=O) groups is 2. The molecule has 0 radical (unpaired) electrons. The Morgan fingerprint density at radius 2 is 1.88 bits per heavy atom. The van der Waals surface area contributed by atoms with Crippen LogP contribution in [0.4, 0.5) is 0 Å². The minimum absolute atomic E-state index is 0.0272. The Kier molecular flexibility index (Phi) is 8.28. The normalized spacial score (nSPS) is 12.6. The first kappa shape index (κ1) is 21.3. The maximum atomic E-state index is 12.5. The maximum Gasteiger partial charge on any atom is 0.379 e. The average molecular weight is 369 g/mol. The number of Topliss-reactive ketones (excluding diaryl/α,β-unsaturated/α-hetero) is 1. The molecule has 0 aliphatic rings. The van der Waals surface area contributed by atoms with Crippen molar-refractivity contribution in [1.29, 1.82) is 0 Å². The van der Waals surface area contributed by atoms with Crippen molar-refractivity contribution >= 4 is 20.8 Å². The molecule has 0 aliphatic carbocycles. The van der Waals surface area contributed by atoms with E-state index in [0.717, 1.165) is 0 Å². The van der Waals surface area contributed by atoms with Crippen molar-refractivity contribution in [3.63, 3.8) is 0 Å². The number of esters is 1. The molecule has 7 heteroatoms. The molecule has 0 aromatic heterocycles. The van der Waals surface area contributed by atoms with Gasteiger partial charge in [0.05, 0.1) is 18.8 Å². The Bertz CT molecular complexity index is 594. The van der Waals surface area contributed by atoms with Crippen LogP contribution in [0.2, 0.25) is 11.6 Å². The Morgan fingerprint density at radius 1 is 1.20 bits per heavy atom. The number of rotatable bonds is 9. The molecule has 25 heavy (non-hydrogen) atoms. The molecule has 1 aromatic rings. The van der Waals surface area contributed by atoms with Crippen LogP contribution in [0.15, 0.2) is 18.2 Å². The molecule has 1 rings (SSSR count). The van der Waals surface area contributed by atoms with Gasteiger partial charge in [-0.05, 0) is 30.1 Å². The van der Waals surface area contributed by atoms with E-state index >= 15 is 0 Å². The van der Waals surface area contributed by atoms with E-state index in [1.54, 1.807) is 25.1 Å². The number of methoxy groups -OCH3 is 1. The Morgan fingerprint density at radius 3 is 2.44 bits per heavy atom. The van der Waals surface area contributed by atoms with Gasteiger partial charge in [0.1, 0.15) is 5.75 Å². The summed E-state index contributed by atoms with van der Waals surface area (Å²) in [6.07, 6.45) is 0. The van der Waals surface area contributed by atoms with Crippen LogP contribution in [0.1, 0.15) is 43.6 Å². The van der Waals surface area contributed by atoms with Crippen LogP contribution in [0.5, 0.6) is 5.75 Å². The minimum Gasteiger partial charge on any atom is -0.467 e. The molecule has 1 unspecified atom stereocenters. The van der Waals surface area contributed by atoms with Crippen LogP contribution < -0.4 is 4.74 Å². The number of ether oxygens (including phenoxy) is 3. The summed E-state index contributed by atoms with van der Waals surface area (Å²) in [5.74, 6) is -1.36. The van der Waals surface area contributed by atoms with E-state index in [1.807, 2.05) is 0 Å². The van der Waals surface area contributed by atoms with E-state index in [1.165, 1.54) is 7.11 Å². The zero-order valence-electron chi connectivity index (χ0n) is 15.9. The predicted octanol–water partition coefficient (Wildman–Crippen LogP) is 3.09. The molecule has 1 aromatic carbocycles. The first-order valence-electron chi connectivity index (χ1n) is 8.29. The molecule has 0 N–H and O–H groups in total. The van der Waals surface area contributed by atoms with Crippen LogP contribution in [0.25, 0.3) is 0 Å². The van der Waals surface area contributed by atoms with Crippen LogP contribution in [0, 0.1) is 0 Å². The highest BCUT2D eigenvalue weighted by Gasteiger charge is 2.27. The molecular weight excluding hydrogens is 340 g/mol. The summed E-state index contributed by atoms with van der Waals surface area (Å²) >= 11 is 0. The fourth-order valence-electron chi connectivity index (χ4n) is 1.96. The summed E-state index contributed by atoms with van der Waals surface area (Å²) < 4.78 is 21.2. The van der Waals surface area contributed by atoms with E-state index < -0.39 is 20.8 Å². The lowest BCUT2D eigenvalue weighted by molar-refractivity contribution is -0.137. The van der Waals surface area contributed by atoms with Gasteiger partial charge in [-0.15, -0.1) is 0 Å². The largest absolute Gasteiger partial charge is 0.467 e. The molecule has 0 saturated carbocycles. The van der Waals surface area contributed by atoms with Gasteiger partial charge in [0.2, 0.25) is 0 Å². The van der Waals surface area contributed by atoms with Gasteiger partial charge in [-0.1, -0.05) is 32.9 Å². The van der Waals surface area contributed by atoms with Gasteiger partial charge in [-0.2, -0.15) is 0 Å². The van der Waals surface area contributed by atoms with Crippen LogP contribution in [-0.2, 0) is 25.3 Å². The first-order chi connectivity index (χ1) is 11.7. The molecule has 0 saturated heterocycles. The highest BCUT2D eigenvalue weighted by molar-refractivity contribution is 6.53. The lowest BCUT2D eigenvalue weighted by Gasteiger charge is -2.26. The Hall–Kier alpha value is -1.70. The van der Waals surface area contributed by atoms with Crippen molar-refractivity contribution in [1.82, 2.24) is 0 Å². The average Bonchev–Trinajstić information content (AvgIpc) is 2.56. The van der Waals surface area contributed by atoms with Gasteiger partial charge in [0.15, 0.2) is 15.8 Å². The smallest absolute Gasteiger partial charge is 0.379 e. The second-order valence-corrected chi connectivity index (χ2v) is 10.1. The Balaban J connectivity index is 3.14. The second-order valence-electron chi connectivity index (χ2n) is 6.71. The molecule has 0 spiro atoms. The zero-order chi connectivity index (χ0) is 19.0. The summed E-state index contributed by atoms with van der Waals surface area (Å²) in [6, 6.07) is 5.14. The molecule has 1 atom stereocenters. The third kappa shape index (κ3) is 6.26. The van der Waals surface area contributed by atoms with Gasteiger partial charge in [0.25, 0.3) is 5.78 Å². The maximum absolute atomic E-state index is 12.5. The van der Waals surface area contributed by atoms with Crippen molar-refractivity contribution in [3.8, 4) is 5.75 Å². The first-order valence-corrected chi connectivity index (χ1v) is 10.5. The number of carbonyl (C=O) groups excluding carboxylic acids is 2. The third-order valence-corrected chi connectivity index (χ3v) is 6.95. The van der Waals surface area contributed by atoms with E-state index in [9.17, 15) is 9.59 Å². The summed E-state index contributed by atoms with van der Waals surface area (Å²) in [6.45, 7) is 10.5. The van der Waals surface area contributed by atoms with Gasteiger partial charge in [-0.3, -0.25) is 4.79 Å². The number of hydrogen-bond acceptors (Lipinski definition) is 6. The lowest BCUT2D eigenvalue weighted by Crippen LogP contribution is -2.26. The predicted molar refractivity (Wildman–Crippen MR) is 97.4 cm³/mol. The number of benzene rings is 1. The van der Waals surface area contributed by atoms with E-state index in [4.69, 9.17) is 18.6 Å².